The van der Waals surface area contributed by atoms with Gasteiger partial charge < -0.3 is 4.74 Å². The normalized spacial score (nSPS) is 15.2. The van der Waals surface area contributed by atoms with Gasteiger partial charge in [-0.25, -0.2) is 4.68 Å². The molecule has 158 valence electrons. The van der Waals surface area contributed by atoms with Gasteiger partial charge in [-0.05, 0) is 55.8 Å². The van der Waals surface area contributed by atoms with E-state index in [-0.39, 0.29) is 5.91 Å². The molecule has 0 unspecified atom stereocenters. The highest BCUT2D eigenvalue weighted by Gasteiger charge is 2.31. The van der Waals surface area contributed by atoms with Gasteiger partial charge in [-0.15, -0.1) is 0 Å². The molecule has 0 N–H and O–H groups in total. The third-order valence-corrected chi connectivity index (χ3v) is 6.19. The average molecular weight is 450 g/mol. The molecule has 7 heteroatoms. The van der Waals surface area contributed by atoms with Crippen LogP contribution in [0.3, 0.4) is 0 Å². The van der Waals surface area contributed by atoms with E-state index in [2.05, 4.69) is 0 Å². The van der Waals surface area contributed by atoms with Crippen molar-refractivity contribution in [2.45, 2.75) is 20.3 Å². The molecule has 1 amide bonds. The standard InChI is InChI=1S/C24H23N3O2S2/c1-3-14-26-23(28)21(31-24(26)30)15-18-16-27(19-8-6-5-7-9-19)25-22(18)17-10-12-20(13-11-17)29-4-2/h5-13,15-16H,3-4,14H2,1-2H3/b21-15-. The van der Waals surface area contributed by atoms with Gasteiger partial charge in [0.05, 0.1) is 22.9 Å². The summed E-state index contributed by atoms with van der Waals surface area (Å²) in [6.45, 7) is 5.25. The summed E-state index contributed by atoms with van der Waals surface area (Å²) in [4.78, 5) is 15.2. The van der Waals surface area contributed by atoms with Crippen LogP contribution in [0.1, 0.15) is 25.8 Å². The van der Waals surface area contributed by atoms with Crippen molar-refractivity contribution in [1.82, 2.24) is 14.7 Å². The first kappa shape index (κ1) is 21.3. The van der Waals surface area contributed by atoms with Crippen molar-refractivity contribution in [3.05, 3.63) is 71.3 Å². The largest absolute Gasteiger partial charge is 0.494 e. The zero-order chi connectivity index (χ0) is 21.8. The third kappa shape index (κ3) is 4.57. The zero-order valence-electron chi connectivity index (χ0n) is 17.4. The fourth-order valence-corrected chi connectivity index (χ4v) is 4.66. The van der Waals surface area contributed by atoms with Crippen LogP contribution in [0.15, 0.2) is 65.7 Å². The molecule has 5 nitrogen and oxygen atoms in total. The highest BCUT2D eigenvalue weighted by molar-refractivity contribution is 8.26. The van der Waals surface area contributed by atoms with E-state index >= 15 is 0 Å². The van der Waals surface area contributed by atoms with Gasteiger partial charge >= 0.3 is 0 Å². The molecule has 0 aliphatic carbocycles. The highest BCUT2D eigenvalue weighted by atomic mass is 32.2. The molecule has 0 bridgehead atoms. The molecule has 1 aliphatic rings. The highest BCUT2D eigenvalue weighted by Crippen LogP contribution is 2.35. The smallest absolute Gasteiger partial charge is 0.266 e. The van der Waals surface area contributed by atoms with Crippen LogP contribution in [0.5, 0.6) is 5.75 Å². The molecule has 2 aromatic carbocycles. The van der Waals surface area contributed by atoms with Crippen molar-refractivity contribution in [3.63, 3.8) is 0 Å². The van der Waals surface area contributed by atoms with Gasteiger partial charge in [-0.1, -0.05) is 49.1 Å². The van der Waals surface area contributed by atoms with Gasteiger partial charge in [0, 0.05) is 23.9 Å². The molecule has 1 saturated heterocycles. The maximum absolute atomic E-state index is 12.9. The van der Waals surface area contributed by atoms with E-state index < -0.39 is 0 Å². The van der Waals surface area contributed by atoms with Crippen LogP contribution in [-0.2, 0) is 4.79 Å². The van der Waals surface area contributed by atoms with Crippen LogP contribution in [0.2, 0.25) is 0 Å². The van der Waals surface area contributed by atoms with Crippen molar-refractivity contribution < 1.29 is 9.53 Å². The van der Waals surface area contributed by atoms with Crippen LogP contribution in [0.25, 0.3) is 23.0 Å². The van der Waals surface area contributed by atoms with E-state index in [9.17, 15) is 4.79 Å². The molecule has 0 spiro atoms. The average Bonchev–Trinajstić information content (AvgIpc) is 3.32. The second kappa shape index (κ2) is 9.49. The zero-order valence-corrected chi connectivity index (χ0v) is 19.1. The van der Waals surface area contributed by atoms with Crippen molar-refractivity contribution in [1.29, 1.82) is 0 Å². The molecule has 0 saturated carbocycles. The van der Waals surface area contributed by atoms with E-state index in [1.807, 2.05) is 85.4 Å². The molecule has 1 fully saturated rings. The lowest BCUT2D eigenvalue weighted by molar-refractivity contribution is -0.122. The van der Waals surface area contributed by atoms with Crippen molar-refractivity contribution >= 4 is 40.3 Å². The van der Waals surface area contributed by atoms with Crippen LogP contribution in [0.4, 0.5) is 0 Å². The second-order valence-electron chi connectivity index (χ2n) is 7.00. The number of thiocarbonyl (C=S) groups is 1. The summed E-state index contributed by atoms with van der Waals surface area (Å²) in [6, 6.07) is 17.8. The van der Waals surface area contributed by atoms with Crippen molar-refractivity contribution in [2.75, 3.05) is 13.2 Å². The number of nitrogens with zero attached hydrogens (tertiary/aromatic N) is 3. The number of thioether (sulfide) groups is 1. The summed E-state index contributed by atoms with van der Waals surface area (Å²) in [6.07, 6.45) is 4.71. The predicted octanol–water partition coefficient (Wildman–Crippen LogP) is 5.55. The van der Waals surface area contributed by atoms with Crippen LogP contribution in [0, 0.1) is 0 Å². The molecule has 0 atom stereocenters. The van der Waals surface area contributed by atoms with Crippen molar-refractivity contribution in [2.24, 2.45) is 0 Å². The maximum atomic E-state index is 12.9. The second-order valence-corrected chi connectivity index (χ2v) is 8.68. The molecule has 3 aromatic rings. The Morgan fingerprint density at radius 2 is 1.84 bits per heavy atom. The number of hydrogen-bond acceptors (Lipinski definition) is 5. The lowest BCUT2D eigenvalue weighted by Crippen LogP contribution is -2.28. The number of carbonyl (C=O) groups is 1. The topological polar surface area (TPSA) is 47.4 Å². The van der Waals surface area contributed by atoms with Gasteiger partial charge in [0.2, 0.25) is 0 Å². The van der Waals surface area contributed by atoms with Crippen molar-refractivity contribution in [3.8, 4) is 22.7 Å². The fraction of sp³-hybridized carbons (Fsp3) is 0.208. The third-order valence-electron chi connectivity index (χ3n) is 4.81. The number of benzene rings is 2. The number of ether oxygens (including phenoxy) is 1. The SMILES string of the molecule is CCCN1C(=O)/C(=C/c2cn(-c3ccccc3)nc2-c2ccc(OCC)cc2)SC1=S. The summed E-state index contributed by atoms with van der Waals surface area (Å²) < 4.78 is 8.01. The Kier molecular flexibility index (Phi) is 6.53. The molecule has 1 aromatic heterocycles. The molecule has 4 rings (SSSR count). The van der Waals surface area contributed by atoms with E-state index in [0.29, 0.717) is 22.4 Å². The molecule has 0 radical (unpaired) electrons. The molecule has 2 heterocycles. The Bertz CT molecular complexity index is 1120. The van der Waals surface area contributed by atoms with Crippen LogP contribution >= 0.6 is 24.0 Å². The van der Waals surface area contributed by atoms with Gasteiger partial charge in [0.15, 0.2) is 0 Å². The quantitative estimate of drug-likeness (QED) is 0.350. The lowest BCUT2D eigenvalue weighted by atomic mass is 10.1. The fourth-order valence-electron chi connectivity index (χ4n) is 3.36. The number of para-hydroxylation sites is 1. The Balaban J connectivity index is 1.76. The molecular weight excluding hydrogens is 426 g/mol. The van der Waals surface area contributed by atoms with Gasteiger partial charge in [0.25, 0.3) is 5.91 Å². The first-order valence-corrected chi connectivity index (χ1v) is 11.5. The number of aromatic nitrogens is 2. The predicted molar refractivity (Wildman–Crippen MR) is 130 cm³/mol. The maximum Gasteiger partial charge on any atom is 0.266 e. The summed E-state index contributed by atoms with van der Waals surface area (Å²) in [5.74, 6) is 0.776. The van der Waals surface area contributed by atoms with Crippen LogP contribution in [-0.4, -0.2) is 38.1 Å². The van der Waals surface area contributed by atoms with E-state index in [0.717, 1.165) is 34.7 Å². The molecule has 31 heavy (non-hydrogen) atoms. The number of amides is 1. The lowest BCUT2D eigenvalue weighted by Gasteiger charge is -2.11. The summed E-state index contributed by atoms with van der Waals surface area (Å²) in [5, 5.41) is 4.83. The monoisotopic (exact) mass is 449 g/mol. The summed E-state index contributed by atoms with van der Waals surface area (Å²) >= 11 is 6.76. The minimum atomic E-state index is -0.0399. The van der Waals surface area contributed by atoms with Gasteiger partial charge in [0.1, 0.15) is 10.1 Å². The first-order valence-electron chi connectivity index (χ1n) is 10.2. The summed E-state index contributed by atoms with van der Waals surface area (Å²) in [5.41, 5.74) is 3.57. The first-order chi connectivity index (χ1) is 15.1. The minimum Gasteiger partial charge on any atom is -0.494 e. The number of hydrogen-bond donors (Lipinski definition) is 0. The van der Waals surface area contributed by atoms with Crippen LogP contribution < -0.4 is 4.74 Å². The number of rotatable bonds is 7. The number of carbonyl (C=O) groups excluding carboxylic acids is 1. The van der Waals surface area contributed by atoms with Gasteiger partial charge in [-0.3, -0.25) is 9.69 Å². The minimum absolute atomic E-state index is 0.0399. The van der Waals surface area contributed by atoms with Gasteiger partial charge in [-0.2, -0.15) is 5.10 Å². The molecular formula is C24H23N3O2S2. The van der Waals surface area contributed by atoms with E-state index in [1.165, 1.54) is 11.8 Å². The molecule has 1 aliphatic heterocycles. The van der Waals surface area contributed by atoms with E-state index in [4.69, 9.17) is 22.1 Å². The Morgan fingerprint density at radius 3 is 2.52 bits per heavy atom. The summed E-state index contributed by atoms with van der Waals surface area (Å²) in [7, 11) is 0. The Hall–Kier alpha value is -2.90. The Labute approximate surface area is 191 Å². The van der Waals surface area contributed by atoms with E-state index in [1.54, 1.807) is 4.90 Å². The Morgan fingerprint density at radius 1 is 1.10 bits per heavy atom.